The third-order valence-corrected chi connectivity index (χ3v) is 4.01. The molecule has 0 radical (unpaired) electrons. The molecule has 0 saturated heterocycles. The Morgan fingerprint density at radius 3 is 2.24 bits per heavy atom. The predicted molar refractivity (Wildman–Crippen MR) is 61.1 cm³/mol. The Balaban J connectivity index is 4.91. The van der Waals surface area contributed by atoms with Crippen molar-refractivity contribution in [1.29, 1.82) is 0 Å². The molecule has 0 saturated carbocycles. The zero-order chi connectivity index (χ0) is 13.5. The van der Waals surface area contributed by atoms with Crippen LogP contribution in [0.15, 0.2) is 0 Å². The first-order chi connectivity index (χ1) is 7.88. The van der Waals surface area contributed by atoms with Crippen molar-refractivity contribution >= 4 is 21.8 Å². The molecule has 0 aliphatic heterocycles. The van der Waals surface area contributed by atoms with Crippen molar-refractivity contribution in [3.05, 3.63) is 0 Å². The summed E-state index contributed by atoms with van der Waals surface area (Å²) in [5.74, 6) is -2.49. The van der Waals surface area contributed by atoms with Gasteiger partial charge in [-0.15, -0.1) is 0 Å². The molecule has 1 unspecified atom stereocenters. The zero-order valence-electron chi connectivity index (χ0n) is 10.3. The molecule has 0 aromatic heterocycles. The van der Waals surface area contributed by atoms with Crippen LogP contribution in [0.2, 0.25) is 0 Å². The summed E-state index contributed by atoms with van der Waals surface area (Å²) in [6, 6.07) is 0. The molecule has 0 bridgehead atoms. The Morgan fingerprint density at radius 1 is 1.24 bits per heavy atom. The van der Waals surface area contributed by atoms with Gasteiger partial charge < -0.3 is 9.47 Å². The Kier molecular flexibility index (Phi) is 6.79. The molecule has 0 N–H and O–H groups in total. The van der Waals surface area contributed by atoms with E-state index in [4.69, 9.17) is 0 Å². The third kappa shape index (κ3) is 5.16. The second kappa shape index (κ2) is 7.26. The topological polar surface area (TPSA) is 86.7 Å². The Labute approximate surface area is 101 Å². The summed E-state index contributed by atoms with van der Waals surface area (Å²) >= 11 is 0. The van der Waals surface area contributed by atoms with Gasteiger partial charge in [0.1, 0.15) is 5.75 Å². The van der Waals surface area contributed by atoms with Gasteiger partial charge in [-0.25, -0.2) is 8.42 Å². The van der Waals surface area contributed by atoms with Crippen LogP contribution in [0.25, 0.3) is 0 Å². The fourth-order valence-corrected chi connectivity index (χ4v) is 2.87. The summed E-state index contributed by atoms with van der Waals surface area (Å²) in [4.78, 5) is 22.5. The normalized spacial score (nSPS) is 12.9. The van der Waals surface area contributed by atoms with Gasteiger partial charge in [-0.2, -0.15) is 0 Å². The van der Waals surface area contributed by atoms with E-state index in [9.17, 15) is 18.0 Å². The van der Waals surface area contributed by atoms with E-state index in [1.165, 1.54) is 0 Å². The van der Waals surface area contributed by atoms with Gasteiger partial charge in [0.25, 0.3) is 0 Å². The zero-order valence-corrected chi connectivity index (χ0v) is 11.1. The number of hydrogen-bond acceptors (Lipinski definition) is 6. The molecule has 7 heteroatoms. The van der Waals surface area contributed by atoms with Crippen LogP contribution < -0.4 is 0 Å². The van der Waals surface area contributed by atoms with E-state index in [0.717, 1.165) is 7.11 Å². The van der Waals surface area contributed by atoms with Gasteiger partial charge in [0, 0.05) is 0 Å². The van der Waals surface area contributed by atoms with E-state index in [0.29, 0.717) is 6.42 Å². The minimum atomic E-state index is -3.87. The molecule has 1 atom stereocenters. The minimum absolute atomic E-state index is 0.104. The summed E-state index contributed by atoms with van der Waals surface area (Å²) in [5.41, 5.74) is 0. The van der Waals surface area contributed by atoms with Gasteiger partial charge in [-0.3, -0.25) is 9.59 Å². The Morgan fingerprint density at radius 2 is 1.82 bits per heavy atom. The lowest BCUT2D eigenvalue weighted by atomic mass is 10.2. The molecule has 100 valence electrons. The maximum atomic E-state index is 11.8. The molecule has 0 rings (SSSR count). The van der Waals surface area contributed by atoms with Crippen LogP contribution in [0.1, 0.15) is 26.7 Å². The van der Waals surface area contributed by atoms with Crippen molar-refractivity contribution in [3.63, 3.8) is 0 Å². The molecule has 0 fully saturated rings. The van der Waals surface area contributed by atoms with Crippen molar-refractivity contribution in [2.75, 3.05) is 19.5 Å². The summed E-state index contributed by atoms with van der Waals surface area (Å²) in [6.45, 7) is 3.44. The van der Waals surface area contributed by atoms with E-state index >= 15 is 0 Å². The largest absolute Gasteiger partial charge is 0.468 e. The van der Waals surface area contributed by atoms with Gasteiger partial charge in [0.05, 0.1) is 13.7 Å². The van der Waals surface area contributed by atoms with Crippen molar-refractivity contribution < 1.29 is 27.5 Å². The molecule has 0 aromatic carbocycles. The Bertz CT molecular complexity index is 359. The summed E-state index contributed by atoms with van der Waals surface area (Å²) in [5, 5.41) is -1.29. The average molecular weight is 266 g/mol. The molecule has 0 aromatic rings. The number of sulfone groups is 1. The number of methoxy groups -OCH3 is 1. The molecule has 0 spiro atoms. The average Bonchev–Trinajstić information content (AvgIpc) is 2.25. The van der Waals surface area contributed by atoms with Crippen molar-refractivity contribution in [2.45, 2.75) is 31.9 Å². The number of carbonyl (C=O) groups excluding carboxylic acids is 2. The maximum Gasteiger partial charge on any atom is 0.324 e. The number of ether oxygens (including phenoxy) is 2. The lowest BCUT2D eigenvalue weighted by molar-refractivity contribution is -0.142. The molecule has 0 heterocycles. The molecule has 17 heavy (non-hydrogen) atoms. The maximum absolute atomic E-state index is 11.8. The lowest BCUT2D eigenvalue weighted by Gasteiger charge is -2.14. The predicted octanol–water partition coefficient (Wildman–Crippen LogP) is 0.306. The summed E-state index contributed by atoms with van der Waals surface area (Å²) in [6.07, 6.45) is 0.641. The van der Waals surface area contributed by atoms with Crippen LogP contribution in [-0.2, 0) is 28.9 Å². The van der Waals surface area contributed by atoms with E-state index < -0.39 is 32.8 Å². The Hall–Kier alpha value is -1.11. The van der Waals surface area contributed by atoms with Crippen LogP contribution >= 0.6 is 0 Å². The highest BCUT2D eigenvalue weighted by atomic mass is 32.2. The highest BCUT2D eigenvalue weighted by Crippen LogP contribution is 2.12. The fourth-order valence-electron chi connectivity index (χ4n) is 1.27. The van der Waals surface area contributed by atoms with Gasteiger partial charge in [0.2, 0.25) is 0 Å². The first-order valence-electron chi connectivity index (χ1n) is 5.34. The first kappa shape index (κ1) is 15.9. The molecule has 6 nitrogen and oxygen atoms in total. The third-order valence-electron chi connectivity index (χ3n) is 2.08. The number of hydrogen-bond donors (Lipinski definition) is 0. The number of rotatable bonds is 7. The smallest absolute Gasteiger partial charge is 0.324 e. The summed E-state index contributed by atoms with van der Waals surface area (Å²) < 4.78 is 32.6. The SMILES string of the molecule is CCCC(C(=O)OCC)S(=O)(=O)CC(=O)OC. The fraction of sp³-hybridized carbons (Fsp3) is 0.800. The van der Waals surface area contributed by atoms with Crippen molar-refractivity contribution in [1.82, 2.24) is 0 Å². The number of esters is 2. The van der Waals surface area contributed by atoms with E-state index in [1.807, 2.05) is 0 Å². The van der Waals surface area contributed by atoms with Crippen LogP contribution in [0.4, 0.5) is 0 Å². The van der Waals surface area contributed by atoms with Gasteiger partial charge in [-0.05, 0) is 13.3 Å². The van der Waals surface area contributed by atoms with E-state index in [2.05, 4.69) is 9.47 Å². The molecule has 0 aliphatic rings. The van der Waals surface area contributed by atoms with Crippen LogP contribution in [0.3, 0.4) is 0 Å². The van der Waals surface area contributed by atoms with E-state index in [1.54, 1.807) is 13.8 Å². The second-order valence-corrected chi connectivity index (χ2v) is 5.60. The van der Waals surface area contributed by atoms with Gasteiger partial charge >= 0.3 is 11.9 Å². The molecule has 0 aliphatic carbocycles. The van der Waals surface area contributed by atoms with E-state index in [-0.39, 0.29) is 13.0 Å². The number of carbonyl (C=O) groups is 2. The highest BCUT2D eigenvalue weighted by Gasteiger charge is 2.34. The lowest BCUT2D eigenvalue weighted by Crippen LogP contribution is -2.36. The minimum Gasteiger partial charge on any atom is -0.468 e. The summed E-state index contributed by atoms with van der Waals surface area (Å²) in [7, 11) is -2.77. The highest BCUT2D eigenvalue weighted by molar-refractivity contribution is 7.93. The molecular weight excluding hydrogens is 248 g/mol. The van der Waals surface area contributed by atoms with Crippen LogP contribution in [0, 0.1) is 0 Å². The van der Waals surface area contributed by atoms with Crippen molar-refractivity contribution in [2.24, 2.45) is 0 Å². The van der Waals surface area contributed by atoms with Crippen LogP contribution in [0.5, 0.6) is 0 Å². The van der Waals surface area contributed by atoms with Gasteiger partial charge in [0.15, 0.2) is 15.1 Å². The quantitative estimate of drug-likeness (QED) is 0.616. The van der Waals surface area contributed by atoms with Crippen LogP contribution in [-0.4, -0.2) is 45.1 Å². The molecule has 0 amide bonds. The first-order valence-corrected chi connectivity index (χ1v) is 7.05. The van der Waals surface area contributed by atoms with Gasteiger partial charge in [-0.1, -0.05) is 13.3 Å². The van der Waals surface area contributed by atoms with Crippen molar-refractivity contribution in [3.8, 4) is 0 Å². The standard InChI is InChI=1S/C10H18O6S/c1-4-6-8(10(12)16-5-2)17(13,14)7-9(11)15-3/h8H,4-7H2,1-3H3. The molecular formula is C10H18O6S. The monoisotopic (exact) mass is 266 g/mol. The second-order valence-electron chi connectivity index (χ2n) is 3.41.